The highest BCUT2D eigenvalue weighted by molar-refractivity contribution is 9.10. The van der Waals surface area contributed by atoms with Gasteiger partial charge in [0.25, 0.3) is 0 Å². The first-order valence-corrected chi connectivity index (χ1v) is 5.83. The van der Waals surface area contributed by atoms with E-state index in [4.69, 9.17) is 10.9 Å². The maximum atomic E-state index is 13.8. The van der Waals surface area contributed by atoms with E-state index in [9.17, 15) is 4.39 Å². The molecule has 7 heteroatoms. The van der Waals surface area contributed by atoms with Gasteiger partial charge in [-0.25, -0.2) is 4.39 Å². The molecule has 2 aromatic rings. The van der Waals surface area contributed by atoms with Crippen molar-refractivity contribution in [3.05, 3.63) is 52.0 Å². The molecule has 0 saturated carbocycles. The number of nitrogens with zero attached hydrogens (tertiary/aromatic N) is 3. The number of nitrogens with two attached hydrogens (primary N) is 1. The van der Waals surface area contributed by atoms with E-state index in [0.717, 1.165) is 4.47 Å². The molecule has 0 aliphatic rings. The van der Waals surface area contributed by atoms with E-state index in [-0.39, 0.29) is 5.84 Å². The molecule has 2 rings (SSSR count). The van der Waals surface area contributed by atoms with Gasteiger partial charge in [0, 0.05) is 17.3 Å². The lowest BCUT2D eigenvalue weighted by molar-refractivity contribution is 0.318. The summed E-state index contributed by atoms with van der Waals surface area (Å²) in [6.45, 7) is 0.313. The second-order valence-corrected chi connectivity index (χ2v) is 4.56. The summed E-state index contributed by atoms with van der Waals surface area (Å²) in [7, 11) is 0. The smallest absolute Gasteiger partial charge is 0.170 e. The molecule has 1 heterocycles. The second-order valence-electron chi connectivity index (χ2n) is 3.65. The summed E-state index contributed by atoms with van der Waals surface area (Å²) in [5, 5.41) is 15.4. The van der Waals surface area contributed by atoms with Crippen molar-refractivity contribution in [1.82, 2.24) is 9.78 Å². The van der Waals surface area contributed by atoms with E-state index in [0.29, 0.717) is 17.7 Å². The van der Waals surface area contributed by atoms with Crippen LogP contribution in [0.25, 0.3) is 0 Å². The summed E-state index contributed by atoms with van der Waals surface area (Å²) < 4.78 is 16.2. The van der Waals surface area contributed by atoms with Crippen molar-refractivity contribution in [2.75, 3.05) is 0 Å². The molecule has 3 N–H and O–H groups in total. The molecule has 0 bridgehead atoms. The van der Waals surface area contributed by atoms with E-state index < -0.39 is 5.82 Å². The highest BCUT2D eigenvalue weighted by Gasteiger charge is 2.07. The van der Waals surface area contributed by atoms with Gasteiger partial charge in [-0.3, -0.25) is 4.68 Å². The Kier molecular flexibility index (Phi) is 3.61. The Labute approximate surface area is 111 Å². The van der Waals surface area contributed by atoms with Crippen LogP contribution in [0.2, 0.25) is 0 Å². The predicted molar refractivity (Wildman–Crippen MR) is 67.9 cm³/mol. The summed E-state index contributed by atoms with van der Waals surface area (Å²) in [5.74, 6) is -0.548. The van der Waals surface area contributed by atoms with E-state index in [1.807, 2.05) is 0 Å². The standard InChI is InChI=1S/C11H10BrFN4O/c12-9-4-15-17(6-9)5-8-2-1-7(3-10(8)13)11(14)16-18/h1-4,6,18H,5H2,(H2,14,16). The van der Waals surface area contributed by atoms with Crippen LogP contribution in [-0.4, -0.2) is 20.8 Å². The minimum absolute atomic E-state index is 0.123. The minimum atomic E-state index is -0.425. The summed E-state index contributed by atoms with van der Waals surface area (Å²) in [5.41, 5.74) is 6.18. The summed E-state index contributed by atoms with van der Waals surface area (Å²) in [4.78, 5) is 0. The molecule has 0 amide bonds. The van der Waals surface area contributed by atoms with Gasteiger partial charge in [0.15, 0.2) is 5.84 Å². The fraction of sp³-hybridized carbons (Fsp3) is 0.0909. The molecule has 5 nitrogen and oxygen atoms in total. The first kappa shape index (κ1) is 12.6. The van der Waals surface area contributed by atoms with E-state index in [1.54, 1.807) is 29.2 Å². The Hall–Kier alpha value is -1.89. The molecule has 1 aromatic heterocycles. The van der Waals surface area contributed by atoms with Gasteiger partial charge in [0.2, 0.25) is 0 Å². The van der Waals surface area contributed by atoms with Crippen molar-refractivity contribution in [2.45, 2.75) is 6.54 Å². The number of hydrogen-bond acceptors (Lipinski definition) is 3. The molecule has 0 atom stereocenters. The first-order valence-electron chi connectivity index (χ1n) is 5.04. The third-order valence-corrected chi connectivity index (χ3v) is 2.80. The predicted octanol–water partition coefficient (Wildman–Crippen LogP) is 1.93. The second kappa shape index (κ2) is 5.18. The van der Waals surface area contributed by atoms with Gasteiger partial charge >= 0.3 is 0 Å². The minimum Gasteiger partial charge on any atom is -0.409 e. The van der Waals surface area contributed by atoms with Crippen molar-refractivity contribution in [2.24, 2.45) is 10.9 Å². The van der Waals surface area contributed by atoms with Crippen LogP contribution in [0.3, 0.4) is 0 Å². The van der Waals surface area contributed by atoms with Crippen molar-refractivity contribution in [3.63, 3.8) is 0 Å². The maximum absolute atomic E-state index is 13.8. The van der Waals surface area contributed by atoms with Crippen LogP contribution in [-0.2, 0) is 6.54 Å². The molecule has 18 heavy (non-hydrogen) atoms. The zero-order valence-electron chi connectivity index (χ0n) is 9.22. The van der Waals surface area contributed by atoms with Gasteiger partial charge in [0.05, 0.1) is 17.2 Å². The Bertz CT molecular complexity index is 596. The number of amidine groups is 1. The average molecular weight is 313 g/mol. The lowest BCUT2D eigenvalue weighted by atomic mass is 10.1. The zero-order chi connectivity index (χ0) is 13.1. The third kappa shape index (κ3) is 2.67. The van der Waals surface area contributed by atoms with Crippen LogP contribution in [0, 0.1) is 5.82 Å². The highest BCUT2D eigenvalue weighted by atomic mass is 79.9. The molecule has 0 saturated heterocycles. The van der Waals surface area contributed by atoms with Crippen molar-refractivity contribution >= 4 is 21.8 Å². The number of aromatic nitrogens is 2. The van der Waals surface area contributed by atoms with Gasteiger partial charge < -0.3 is 10.9 Å². The largest absolute Gasteiger partial charge is 0.409 e. The Balaban J connectivity index is 2.25. The normalized spacial score (nSPS) is 11.8. The topological polar surface area (TPSA) is 76.4 Å². The zero-order valence-corrected chi connectivity index (χ0v) is 10.8. The molecule has 0 aliphatic heterocycles. The monoisotopic (exact) mass is 312 g/mol. The summed E-state index contributed by atoms with van der Waals surface area (Å²) >= 11 is 3.27. The van der Waals surface area contributed by atoms with Crippen LogP contribution in [0.4, 0.5) is 4.39 Å². The molecule has 0 radical (unpaired) electrons. The molecule has 0 aliphatic carbocycles. The van der Waals surface area contributed by atoms with Crippen LogP contribution in [0.1, 0.15) is 11.1 Å². The van der Waals surface area contributed by atoms with Gasteiger partial charge in [-0.15, -0.1) is 0 Å². The molecule has 0 fully saturated rings. The average Bonchev–Trinajstić information content (AvgIpc) is 2.76. The number of benzene rings is 1. The molecule has 94 valence electrons. The van der Waals surface area contributed by atoms with Gasteiger partial charge in [-0.05, 0) is 22.0 Å². The Morgan fingerprint density at radius 3 is 2.89 bits per heavy atom. The SMILES string of the molecule is N/C(=N\O)c1ccc(Cn2cc(Br)cn2)c(F)c1. The van der Waals surface area contributed by atoms with Crippen LogP contribution in [0.15, 0.2) is 40.2 Å². The fourth-order valence-corrected chi connectivity index (χ4v) is 1.82. The molecule has 0 spiro atoms. The molecule has 1 aromatic carbocycles. The highest BCUT2D eigenvalue weighted by Crippen LogP contribution is 2.13. The molecular formula is C11H10BrFN4O. The van der Waals surface area contributed by atoms with Crippen molar-refractivity contribution in [3.8, 4) is 0 Å². The number of rotatable bonds is 3. The van der Waals surface area contributed by atoms with Crippen molar-refractivity contribution < 1.29 is 9.60 Å². The number of oxime groups is 1. The maximum Gasteiger partial charge on any atom is 0.170 e. The van der Waals surface area contributed by atoms with E-state index in [2.05, 4.69) is 26.2 Å². The summed E-state index contributed by atoms with van der Waals surface area (Å²) in [6, 6.07) is 4.40. The quantitative estimate of drug-likeness (QED) is 0.393. The van der Waals surface area contributed by atoms with Crippen molar-refractivity contribution in [1.29, 1.82) is 0 Å². The molecule has 0 unspecified atom stereocenters. The van der Waals surface area contributed by atoms with Crippen LogP contribution < -0.4 is 5.73 Å². The van der Waals surface area contributed by atoms with E-state index in [1.165, 1.54) is 6.07 Å². The van der Waals surface area contributed by atoms with Gasteiger partial charge in [-0.2, -0.15) is 5.10 Å². The Morgan fingerprint density at radius 2 is 2.33 bits per heavy atom. The van der Waals surface area contributed by atoms with Crippen LogP contribution in [0.5, 0.6) is 0 Å². The number of hydrogen-bond donors (Lipinski definition) is 2. The van der Waals surface area contributed by atoms with Gasteiger partial charge in [-0.1, -0.05) is 17.3 Å². The van der Waals surface area contributed by atoms with E-state index >= 15 is 0 Å². The lowest BCUT2D eigenvalue weighted by Gasteiger charge is -2.05. The Morgan fingerprint density at radius 1 is 1.56 bits per heavy atom. The summed E-state index contributed by atoms with van der Waals surface area (Å²) in [6.07, 6.45) is 3.37. The third-order valence-electron chi connectivity index (χ3n) is 2.39. The fourth-order valence-electron chi connectivity index (χ4n) is 1.49. The number of halogens is 2. The van der Waals surface area contributed by atoms with Crippen LogP contribution >= 0.6 is 15.9 Å². The molecular weight excluding hydrogens is 303 g/mol. The lowest BCUT2D eigenvalue weighted by Crippen LogP contribution is -2.14. The van der Waals surface area contributed by atoms with Gasteiger partial charge in [0.1, 0.15) is 5.82 Å². The first-order chi connectivity index (χ1) is 8.60.